The molecule has 0 saturated heterocycles. The summed E-state index contributed by atoms with van der Waals surface area (Å²) in [4.78, 5) is 33.5. The minimum atomic E-state index is -0.292. The minimum Gasteiger partial charge on any atom is -0.358 e. The quantitative estimate of drug-likeness (QED) is 0.745. The minimum absolute atomic E-state index is 0.0762. The van der Waals surface area contributed by atoms with Crippen molar-refractivity contribution in [1.29, 1.82) is 0 Å². The molecule has 1 aromatic carbocycles. The number of hydrogen-bond donors (Lipinski definition) is 2. The molecule has 3 aromatic rings. The number of carbonyl (C=O) groups is 2. The first-order valence-electron chi connectivity index (χ1n) is 8.87. The number of rotatable bonds is 4. The molecular formula is C20H19FN4O2. The lowest BCUT2D eigenvalue weighted by atomic mass is 10.0. The Labute approximate surface area is 155 Å². The highest BCUT2D eigenvalue weighted by Gasteiger charge is 2.24. The fourth-order valence-corrected chi connectivity index (χ4v) is 3.44. The molecule has 27 heavy (non-hydrogen) atoms. The number of nitrogens with zero attached hydrogens (tertiary/aromatic N) is 2. The van der Waals surface area contributed by atoms with Crippen LogP contribution in [0.3, 0.4) is 0 Å². The van der Waals surface area contributed by atoms with E-state index >= 15 is 0 Å². The number of H-pyrrole nitrogens is 1. The zero-order valence-electron chi connectivity index (χ0n) is 14.7. The summed E-state index contributed by atoms with van der Waals surface area (Å²) in [5.74, 6) is -0.587. The molecular weight excluding hydrogens is 347 g/mol. The molecule has 138 valence electrons. The van der Waals surface area contributed by atoms with Crippen LogP contribution >= 0.6 is 0 Å². The van der Waals surface area contributed by atoms with Crippen LogP contribution in [-0.4, -0.2) is 33.2 Å². The van der Waals surface area contributed by atoms with Gasteiger partial charge in [0.2, 0.25) is 11.8 Å². The van der Waals surface area contributed by atoms with E-state index < -0.39 is 0 Å². The van der Waals surface area contributed by atoms with Crippen LogP contribution in [0.2, 0.25) is 0 Å². The Hall–Kier alpha value is -3.22. The molecule has 0 unspecified atom stereocenters. The summed E-state index contributed by atoms with van der Waals surface area (Å²) < 4.78 is 13.6. The lowest BCUT2D eigenvalue weighted by Gasteiger charge is -2.27. The molecule has 0 fully saturated rings. The summed E-state index contributed by atoms with van der Waals surface area (Å²) in [7, 11) is 0. The lowest BCUT2D eigenvalue weighted by molar-refractivity contribution is -0.133. The van der Waals surface area contributed by atoms with Gasteiger partial charge in [-0.1, -0.05) is 0 Å². The topological polar surface area (TPSA) is 78.1 Å². The van der Waals surface area contributed by atoms with Gasteiger partial charge in [-0.3, -0.25) is 14.6 Å². The van der Waals surface area contributed by atoms with Crippen molar-refractivity contribution >= 4 is 28.4 Å². The second kappa shape index (κ2) is 7.19. The van der Waals surface area contributed by atoms with E-state index in [4.69, 9.17) is 0 Å². The van der Waals surface area contributed by atoms with E-state index in [9.17, 15) is 14.0 Å². The average molecular weight is 366 g/mol. The summed E-state index contributed by atoms with van der Waals surface area (Å²) in [5.41, 5.74) is 3.50. The molecule has 2 aromatic heterocycles. The first kappa shape index (κ1) is 17.2. The van der Waals surface area contributed by atoms with Gasteiger partial charge in [0.1, 0.15) is 5.82 Å². The number of benzene rings is 1. The molecule has 2 N–H and O–H groups in total. The number of anilines is 1. The van der Waals surface area contributed by atoms with Crippen molar-refractivity contribution < 1.29 is 14.0 Å². The summed E-state index contributed by atoms with van der Waals surface area (Å²) in [6, 6.07) is 8.12. The van der Waals surface area contributed by atoms with E-state index in [0.717, 1.165) is 22.2 Å². The Bertz CT molecular complexity index is 1000. The number of halogens is 1. The van der Waals surface area contributed by atoms with Gasteiger partial charge in [0.05, 0.1) is 11.9 Å². The molecule has 0 atom stereocenters. The van der Waals surface area contributed by atoms with Crippen molar-refractivity contribution in [3.63, 3.8) is 0 Å². The Morgan fingerprint density at radius 1 is 1.26 bits per heavy atom. The van der Waals surface area contributed by atoms with Gasteiger partial charge in [0.15, 0.2) is 0 Å². The monoisotopic (exact) mass is 366 g/mol. The molecule has 7 heteroatoms. The number of fused-ring (bicyclic) bond motifs is 3. The highest BCUT2D eigenvalue weighted by atomic mass is 19.1. The van der Waals surface area contributed by atoms with Crippen molar-refractivity contribution in [3.05, 3.63) is 59.8 Å². The summed E-state index contributed by atoms with van der Waals surface area (Å²) >= 11 is 0. The van der Waals surface area contributed by atoms with Gasteiger partial charge in [0, 0.05) is 60.7 Å². The third kappa shape index (κ3) is 3.67. The van der Waals surface area contributed by atoms with Crippen molar-refractivity contribution in [3.8, 4) is 0 Å². The van der Waals surface area contributed by atoms with Crippen LogP contribution in [0.5, 0.6) is 0 Å². The second-order valence-electron chi connectivity index (χ2n) is 6.63. The van der Waals surface area contributed by atoms with Crippen LogP contribution in [-0.2, 0) is 22.6 Å². The van der Waals surface area contributed by atoms with Crippen LogP contribution in [0.15, 0.2) is 42.7 Å². The number of nitrogens with one attached hydrogen (secondary N) is 2. The molecule has 3 heterocycles. The number of aromatic amines is 1. The fourth-order valence-electron chi connectivity index (χ4n) is 3.44. The molecule has 1 aliphatic heterocycles. The van der Waals surface area contributed by atoms with E-state index in [0.29, 0.717) is 25.2 Å². The van der Waals surface area contributed by atoms with E-state index in [1.54, 1.807) is 35.5 Å². The zero-order chi connectivity index (χ0) is 18.8. The van der Waals surface area contributed by atoms with Crippen LogP contribution in [0.4, 0.5) is 10.1 Å². The summed E-state index contributed by atoms with van der Waals surface area (Å²) in [6.45, 7) is 1.02. The van der Waals surface area contributed by atoms with Crippen molar-refractivity contribution in [2.45, 2.75) is 25.8 Å². The molecule has 2 amide bonds. The van der Waals surface area contributed by atoms with Crippen LogP contribution < -0.4 is 5.32 Å². The van der Waals surface area contributed by atoms with E-state index in [1.807, 2.05) is 0 Å². The molecule has 0 spiro atoms. The van der Waals surface area contributed by atoms with Gasteiger partial charge in [-0.15, -0.1) is 0 Å². The zero-order valence-corrected chi connectivity index (χ0v) is 14.7. The van der Waals surface area contributed by atoms with E-state index in [-0.39, 0.29) is 30.5 Å². The van der Waals surface area contributed by atoms with Crippen LogP contribution in [0.1, 0.15) is 24.1 Å². The molecule has 0 bridgehead atoms. The van der Waals surface area contributed by atoms with Crippen LogP contribution in [0, 0.1) is 5.82 Å². The van der Waals surface area contributed by atoms with Crippen LogP contribution in [0.25, 0.3) is 10.9 Å². The number of pyridine rings is 1. The van der Waals surface area contributed by atoms with E-state index in [2.05, 4.69) is 15.3 Å². The molecule has 4 rings (SSSR count). The third-order valence-corrected chi connectivity index (χ3v) is 4.80. The maximum absolute atomic E-state index is 13.6. The van der Waals surface area contributed by atoms with Gasteiger partial charge in [-0.2, -0.15) is 0 Å². The molecule has 0 aliphatic carbocycles. The smallest absolute Gasteiger partial charge is 0.224 e. The molecule has 0 radical (unpaired) electrons. The SMILES string of the molecule is O=C(CCC(=O)N1CCc2[nH]c3ccc(F)cc3c2C1)Nc1cccnc1. The maximum atomic E-state index is 13.6. The number of aromatic nitrogens is 2. The predicted molar refractivity (Wildman–Crippen MR) is 99.5 cm³/mol. The predicted octanol–water partition coefficient (Wildman–Crippen LogP) is 3.01. The van der Waals surface area contributed by atoms with Crippen molar-refractivity contribution in [2.24, 2.45) is 0 Å². The molecule has 6 nitrogen and oxygen atoms in total. The van der Waals surface area contributed by atoms with Crippen molar-refractivity contribution in [2.75, 3.05) is 11.9 Å². The average Bonchev–Trinajstić information content (AvgIpc) is 3.04. The second-order valence-corrected chi connectivity index (χ2v) is 6.63. The van der Waals surface area contributed by atoms with E-state index in [1.165, 1.54) is 12.1 Å². The normalized spacial score (nSPS) is 13.4. The van der Waals surface area contributed by atoms with Gasteiger partial charge in [-0.05, 0) is 30.3 Å². The first-order valence-corrected chi connectivity index (χ1v) is 8.87. The Morgan fingerprint density at radius 3 is 2.96 bits per heavy atom. The third-order valence-electron chi connectivity index (χ3n) is 4.80. The van der Waals surface area contributed by atoms with Crippen molar-refractivity contribution in [1.82, 2.24) is 14.9 Å². The summed E-state index contributed by atoms with van der Waals surface area (Å²) in [6.07, 6.45) is 4.12. The highest BCUT2D eigenvalue weighted by Crippen LogP contribution is 2.28. The number of amides is 2. The van der Waals surface area contributed by atoms with Gasteiger partial charge in [0.25, 0.3) is 0 Å². The number of hydrogen-bond acceptors (Lipinski definition) is 3. The standard InChI is InChI=1S/C20H19FN4O2/c21-13-3-4-17-15(10-13)16-12-25(9-7-18(16)24-17)20(27)6-5-19(26)23-14-2-1-8-22-11-14/h1-4,8,10-11,24H,5-7,9,12H2,(H,23,26). The lowest BCUT2D eigenvalue weighted by Crippen LogP contribution is -2.36. The number of carbonyl (C=O) groups excluding carboxylic acids is 2. The molecule has 1 aliphatic rings. The Morgan fingerprint density at radius 2 is 2.15 bits per heavy atom. The Kier molecular flexibility index (Phi) is 4.58. The maximum Gasteiger partial charge on any atom is 0.224 e. The summed E-state index contributed by atoms with van der Waals surface area (Å²) in [5, 5.41) is 3.54. The van der Waals surface area contributed by atoms with Gasteiger partial charge >= 0.3 is 0 Å². The van der Waals surface area contributed by atoms with Gasteiger partial charge < -0.3 is 15.2 Å². The highest BCUT2D eigenvalue weighted by molar-refractivity contribution is 5.93. The first-order chi connectivity index (χ1) is 13.1. The van der Waals surface area contributed by atoms with Gasteiger partial charge in [-0.25, -0.2) is 4.39 Å². The largest absolute Gasteiger partial charge is 0.358 e. The fraction of sp³-hybridized carbons (Fsp3) is 0.250. The molecule has 0 saturated carbocycles. The Balaban J connectivity index is 1.38.